The minimum Gasteiger partial charge on any atom is -0.497 e. The van der Waals surface area contributed by atoms with Gasteiger partial charge in [-0.2, -0.15) is 4.99 Å². The summed E-state index contributed by atoms with van der Waals surface area (Å²) in [4.78, 5) is 20.5. The number of methoxy groups -OCH3 is 2. The SMILES string of the molecule is COc1ccc(-c2sc(=NC(=O)C34CC5CC(CC(C5)C3)C4)n(C)c2-c2ccc(OC)cc2)cc1. The second-order valence-electron chi connectivity index (χ2n) is 10.7. The van der Waals surface area contributed by atoms with E-state index in [1.54, 1.807) is 25.6 Å². The van der Waals surface area contributed by atoms with Crippen molar-refractivity contribution in [2.75, 3.05) is 14.2 Å². The maximum absolute atomic E-state index is 13.8. The maximum Gasteiger partial charge on any atom is 0.254 e. The minimum atomic E-state index is -0.230. The van der Waals surface area contributed by atoms with Crippen molar-refractivity contribution in [3.05, 3.63) is 53.3 Å². The highest BCUT2D eigenvalue weighted by atomic mass is 32.1. The average Bonchev–Trinajstić information content (AvgIpc) is 3.19. The molecule has 2 aromatic carbocycles. The van der Waals surface area contributed by atoms with E-state index >= 15 is 0 Å². The highest BCUT2D eigenvalue weighted by Gasteiger charge is 2.54. The molecule has 4 aliphatic rings. The molecule has 35 heavy (non-hydrogen) atoms. The van der Waals surface area contributed by atoms with E-state index in [2.05, 4.69) is 28.8 Å². The molecule has 4 fully saturated rings. The number of ether oxygens (including phenoxy) is 2. The Hall–Kier alpha value is -2.86. The van der Waals surface area contributed by atoms with Crippen molar-refractivity contribution in [2.45, 2.75) is 38.5 Å². The van der Waals surface area contributed by atoms with Gasteiger partial charge in [0.15, 0.2) is 4.80 Å². The molecular weight excluding hydrogens is 456 g/mol. The van der Waals surface area contributed by atoms with Crippen LogP contribution in [0.4, 0.5) is 0 Å². The zero-order valence-electron chi connectivity index (χ0n) is 20.6. The lowest BCUT2D eigenvalue weighted by Gasteiger charge is -2.55. The van der Waals surface area contributed by atoms with E-state index in [9.17, 15) is 4.79 Å². The smallest absolute Gasteiger partial charge is 0.254 e. The number of carbonyl (C=O) groups excluding carboxylic acids is 1. The van der Waals surface area contributed by atoms with E-state index in [1.165, 1.54) is 19.3 Å². The van der Waals surface area contributed by atoms with Crippen LogP contribution in [0, 0.1) is 23.2 Å². The van der Waals surface area contributed by atoms with Crippen LogP contribution in [0.15, 0.2) is 53.5 Å². The third-order valence-electron chi connectivity index (χ3n) is 8.44. The fraction of sp³-hybridized carbons (Fsp3) is 0.448. The fourth-order valence-corrected chi connectivity index (χ4v) is 8.29. The third-order valence-corrected chi connectivity index (χ3v) is 9.62. The molecule has 4 saturated carbocycles. The Labute approximate surface area is 210 Å². The molecule has 182 valence electrons. The van der Waals surface area contributed by atoms with Gasteiger partial charge in [-0.15, -0.1) is 0 Å². The number of nitrogens with zero attached hydrogens (tertiary/aromatic N) is 2. The van der Waals surface area contributed by atoms with Crippen LogP contribution in [0.3, 0.4) is 0 Å². The molecule has 0 saturated heterocycles. The number of amides is 1. The molecule has 4 aliphatic carbocycles. The van der Waals surface area contributed by atoms with Gasteiger partial charge in [0.2, 0.25) is 0 Å². The number of hydrogen-bond donors (Lipinski definition) is 0. The van der Waals surface area contributed by atoms with Crippen molar-refractivity contribution in [1.82, 2.24) is 4.57 Å². The Morgan fingerprint density at radius 2 is 1.34 bits per heavy atom. The van der Waals surface area contributed by atoms with Gasteiger partial charge in [-0.05, 0) is 116 Å². The van der Waals surface area contributed by atoms with E-state index in [1.807, 2.05) is 31.3 Å². The molecule has 0 unspecified atom stereocenters. The largest absolute Gasteiger partial charge is 0.497 e. The molecule has 1 aromatic heterocycles. The normalized spacial score (nSPS) is 27.3. The summed E-state index contributed by atoms with van der Waals surface area (Å²) in [6.07, 6.45) is 7.07. The van der Waals surface area contributed by atoms with Crippen LogP contribution in [0.1, 0.15) is 38.5 Å². The van der Waals surface area contributed by atoms with Gasteiger partial charge in [-0.1, -0.05) is 11.3 Å². The number of rotatable bonds is 5. The number of hydrogen-bond acceptors (Lipinski definition) is 4. The topological polar surface area (TPSA) is 52.8 Å². The Morgan fingerprint density at radius 3 is 1.83 bits per heavy atom. The van der Waals surface area contributed by atoms with Crippen LogP contribution in [-0.2, 0) is 11.8 Å². The van der Waals surface area contributed by atoms with Gasteiger partial charge in [-0.3, -0.25) is 4.79 Å². The van der Waals surface area contributed by atoms with Crippen molar-refractivity contribution in [3.63, 3.8) is 0 Å². The number of carbonyl (C=O) groups is 1. The molecule has 1 amide bonds. The maximum atomic E-state index is 13.8. The van der Waals surface area contributed by atoms with Crippen LogP contribution in [-0.4, -0.2) is 24.7 Å². The highest BCUT2D eigenvalue weighted by Crippen LogP contribution is 2.60. The first-order valence-corrected chi connectivity index (χ1v) is 13.4. The summed E-state index contributed by atoms with van der Waals surface area (Å²) >= 11 is 1.59. The monoisotopic (exact) mass is 488 g/mol. The van der Waals surface area contributed by atoms with Gasteiger partial charge in [0, 0.05) is 7.05 Å². The molecule has 0 radical (unpaired) electrons. The first-order valence-electron chi connectivity index (χ1n) is 12.6. The molecule has 5 nitrogen and oxygen atoms in total. The van der Waals surface area contributed by atoms with E-state index < -0.39 is 0 Å². The minimum absolute atomic E-state index is 0.107. The van der Waals surface area contributed by atoms with E-state index in [0.29, 0.717) is 0 Å². The van der Waals surface area contributed by atoms with Gasteiger partial charge >= 0.3 is 0 Å². The first-order chi connectivity index (χ1) is 17.0. The van der Waals surface area contributed by atoms with Crippen LogP contribution in [0.5, 0.6) is 11.5 Å². The average molecular weight is 489 g/mol. The predicted molar refractivity (Wildman–Crippen MR) is 138 cm³/mol. The van der Waals surface area contributed by atoms with Crippen LogP contribution < -0.4 is 14.3 Å². The van der Waals surface area contributed by atoms with Crippen molar-refractivity contribution in [3.8, 4) is 33.2 Å². The second kappa shape index (κ2) is 8.66. The molecule has 0 spiro atoms. The molecule has 3 aromatic rings. The lowest BCUT2D eigenvalue weighted by atomic mass is 9.49. The fourth-order valence-electron chi connectivity index (χ4n) is 7.14. The first kappa shape index (κ1) is 22.6. The lowest BCUT2D eigenvalue weighted by molar-refractivity contribution is -0.142. The quantitative estimate of drug-likeness (QED) is 0.437. The number of aromatic nitrogens is 1. The highest BCUT2D eigenvalue weighted by molar-refractivity contribution is 7.13. The molecule has 1 heterocycles. The van der Waals surface area contributed by atoms with E-state index in [4.69, 9.17) is 14.5 Å². The Kier molecular flexibility index (Phi) is 5.59. The standard InChI is InChI=1S/C29H32N2O3S/c1-31-25(21-4-8-23(33-2)9-5-21)26(22-6-10-24(34-3)11-7-22)35-28(31)30-27(32)29-15-18-12-19(16-29)14-20(13-18)17-29/h4-11,18-20H,12-17H2,1-3H3. The Balaban J connectivity index is 1.45. The summed E-state index contributed by atoms with van der Waals surface area (Å²) in [5, 5.41) is 0. The second-order valence-corrected chi connectivity index (χ2v) is 11.7. The molecular formula is C29H32N2O3S. The van der Waals surface area contributed by atoms with Crippen LogP contribution in [0.25, 0.3) is 21.7 Å². The number of benzene rings is 2. The zero-order chi connectivity index (χ0) is 24.2. The molecule has 7 rings (SSSR count). The van der Waals surface area contributed by atoms with E-state index in [-0.39, 0.29) is 11.3 Å². The third kappa shape index (κ3) is 3.92. The van der Waals surface area contributed by atoms with Crippen LogP contribution in [0.2, 0.25) is 0 Å². The summed E-state index contributed by atoms with van der Waals surface area (Å²) in [6, 6.07) is 16.2. The summed E-state index contributed by atoms with van der Waals surface area (Å²) in [6.45, 7) is 0. The summed E-state index contributed by atoms with van der Waals surface area (Å²) < 4.78 is 12.8. The Bertz CT molecular complexity index is 1280. The molecule has 0 N–H and O–H groups in total. The molecule has 4 bridgehead atoms. The van der Waals surface area contributed by atoms with Gasteiger partial charge in [-0.25, -0.2) is 0 Å². The molecule has 0 atom stereocenters. The van der Waals surface area contributed by atoms with Gasteiger partial charge in [0.1, 0.15) is 11.5 Å². The van der Waals surface area contributed by atoms with Crippen molar-refractivity contribution < 1.29 is 14.3 Å². The van der Waals surface area contributed by atoms with E-state index in [0.717, 1.165) is 75.0 Å². The predicted octanol–water partition coefficient (Wildman–Crippen LogP) is 6.08. The van der Waals surface area contributed by atoms with Gasteiger partial charge < -0.3 is 14.0 Å². The number of thiazole rings is 1. The van der Waals surface area contributed by atoms with Crippen LogP contribution >= 0.6 is 11.3 Å². The molecule has 0 aliphatic heterocycles. The van der Waals surface area contributed by atoms with Crippen molar-refractivity contribution in [2.24, 2.45) is 35.2 Å². The summed E-state index contributed by atoms with van der Waals surface area (Å²) in [5.74, 6) is 3.92. The van der Waals surface area contributed by atoms with Crippen molar-refractivity contribution in [1.29, 1.82) is 0 Å². The zero-order valence-corrected chi connectivity index (χ0v) is 21.4. The lowest BCUT2D eigenvalue weighted by Crippen LogP contribution is -2.49. The molecule has 6 heteroatoms. The van der Waals surface area contributed by atoms with Gasteiger partial charge in [0.05, 0.1) is 30.2 Å². The summed E-state index contributed by atoms with van der Waals surface area (Å²) in [7, 11) is 5.38. The summed E-state index contributed by atoms with van der Waals surface area (Å²) in [5.41, 5.74) is 2.98. The Morgan fingerprint density at radius 1 is 0.857 bits per heavy atom. The van der Waals surface area contributed by atoms with Crippen molar-refractivity contribution >= 4 is 17.2 Å². The van der Waals surface area contributed by atoms with Gasteiger partial charge in [0.25, 0.3) is 5.91 Å².